The van der Waals surface area contributed by atoms with Crippen molar-refractivity contribution in [2.45, 2.75) is 70.7 Å². The zero-order valence-corrected chi connectivity index (χ0v) is 16.3. The minimum absolute atomic E-state index is 0.0560. The second-order valence-electron chi connectivity index (χ2n) is 8.45. The van der Waals surface area contributed by atoms with Crippen LogP contribution in [0.25, 0.3) is 0 Å². The number of nitrogens with one attached hydrogen (secondary N) is 1. The summed E-state index contributed by atoms with van der Waals surface area (Å²) in [5.74, 6) is -0.0543. The second-order valence-corrected chi connectivity index (χ2v) is 8.45. The third kappa shape index (κ3) is 4.84. The van der Waals surface area contributed by atoms with Gasteiger partial charge in [0.2, 0.25) is 5.91 Å². The topological polar surface area (TPSA) is 67.6 Å². The van der Waals surface area contributed by atoms with Crippen molar-refractivity contribution >= 4 is 11.6 Å². The van der Waals surface area contributed by atoms with Gasteiger partial charge in [-0.05, 0) is 51.3 Å². The second kappa shape index (κ2) is 8.07. The highest BCUT2D eigenvalue weighted by Crippen LogP contribution is 2.32. The van der Waals surface area contributed by atoms with Crippen molar-refractivity contribution in [1.29, 1.82) is 0 Å². The molecule has 1 aromatic carbocycles. The number of hydrogen-bond acceptors (Lipinski definition) is 4. The van der Waals surface area contributed by atoms with Crippen molar-refractivity contribution in [2.24, 2.45) is 11.7 Å². The molecule has 5 nitrogen and oxygen atoms in total. The first-order valence-corrected chi connectivity index (χ1v) is 9.90. The summed E-state index contributed by atoms with van der Waals surface area (Å²) >= 11 is 0. The van der Waals surface area contributed by atoms with Crippen LogP contribution < -0.4 is 11.1 Å². The lowest BCUT2D eigenvalue weighted by atomic mass is 9.74. The summed E-state index contributed by atoms with van der Waals surface area (Å²) in [7, 11) is 0. The Balaban J connectivity index is 1.63. The quantitative estimate of drug-likeness (QED) is 0.867. The molecule has 0 aromatic heterocycles. The van der Waals surface area contributed by atoms with Gasteiger partial charge >= 0.3 is 0 Å². The summed E-state index contributed by atoms with van der Waals surface area (Å²) in [4.78, 5) is 15.2. The molecule has 4 atom stereocenters. The van der Waals surface area contributed by atoms with Gasteiger partial charge in [-0.3, -0.25) is 9.69 Å². The molecule has 26 heavy (non-hydrogen) atoms. The predicted molar refractivity (Wildman–Crippen MR) is 105 cm³/mol. The molecule has 3 N–H and O–H groups in total. The summed E-state index contributed by atoms with van der Waals surface area (Å²) in [6.45, 7) is 9.00. The number of amides is 1. The maximum absolute atomic E-state index is 12.8. The monoisotopic (exact) mass is 359 g/mol. The molecule has 1 amide bonds. The van der Waals surface area contributed by atoms with Gasteiger partial charge in [-0.1, -0.05) is 25.0 Å². The van der Waals surface area contributed by atoms with Gasteiger partial charge in [0.1, 0.15) is 0 Å². The Morgan fingerprint density at radius 3 is 2.73 bits per heavy atom. The molecule has 0 radical (unpaired) electrons. The first-order valence-electron chi connectivity index (χ1n) is 9.90. The van der Waals surface area contributed by atoms with Gasteiger partial charge in [-0.15, -0.1) is 0 Å². The Morgan fingerprint density at radius 1 is 1.31 bits per heavy atom. The first kappa shape index (κ1) is 19.3. The van der Waals surface area contributed by atoms with Crippen molar-refractivity contribution in [3.63, 3.8) is 0 Å². The summed E-state index contributed by atoms with van der Waals surface area (Å²) in [5.41, 5.74) is 8.05. The minimum atomic E-state index is -0.403. The number of anilines is 1. The number of benzene rings is 1. The van der Waals surface area contributed by atoms with Crippen molar-refractivity contribution in [2.75, 3.05) is 18.4 Å². The van der Waals surface area contributed by atoms with E-state index in [2.05, 4.69) is 36.2 Å². The van der Waals surface area contributed by atoms with Gasteiger partial charge in [0.25, 0.3) is 0 Å². The summed E-state index contributed by atoms with van der Waals surface area (Å²) in [6, 6.07) is 8.18. The highest BCUT2D eigenvalue weighted by molar-refractivity contribution is 5.93. The van der Waals surface area contributed by atoms with Gasteiger partial charge in [-0.25, -0.2) is 0 Å². The van der Waals surface area contributed by atoms with E-state index in [9.17, 15) is 4.79 Å². The average molecular weight is 360 g/mol. The van der Waals surface area contributed by atoms with Crippen LogP contribution in [0.2, 0.25) is 0 Å². The molecular formula is C21H33N3O2. The molecule has 4 unspecified atom stereocenters. The van der Waals surface area contributed by atoms with Gasteiger partial charge in [0.15, 0.2) is 0 Å². The van der Waals surface area contributed by atoms with Crippen molar-refractivity contribution in [3.8, 4) is 0 Å². The van der Waals surface area contributed by atoms with Gasteiger partial charge in [0.05, 0.1) is 18.1 Å². The molecule has 1 saturated carbocycles. The van der Waals surface area contributed by atoms with E-state index in [1.54, 1.807) is 0 Å². The predicted octanol–water partition coefficient (Wildman–Crippen LogP) is 3.14. The standard InChI is InChI=1S/C21H33N3O2/c1-15-12-24(13-16(2)26-15)14-17-7-6-8-18(11-17)23-20(25)19-9-4-5-10-21(19,3)22/h6-8,11,15-16,19H,4-5,9-10,12-14,22H2,1-3H3,(H,23,25). The molecule has 1 aliphatic carbocycles. The highest BCUT2D eigenvalue weighted by atomic mass is 16.5. The Morgan fingerprint density at radius 2 is 2.04 bits per heavy atom. The molecule has 0 spiro atoms. The lowest BCUT2D eigenvalue weighted by Crippen LogP contribution is -2.51. The summed E-state index contributed by atoms with van der Waals surface area (Å²) in [6.07, 6.45) is 4.51. The zero-order chi connectivity index (χ0) is 18.7. The normalized spacial score (nSPS) is 33.0. The van der Waals surface area contributed by atoms with Crippen LogP contribution in [-0.2, 0) is 16.1 Å². The van der Waals surface area contributed by atoms with Gasteiger partial charge < -0.3 is 15.8 Å². The molecule has 3 rings (SSSR count). The van der Waals surface area contributed by atoms with E-state index in [-0.39, 0.29) is 24.0 Å². The van der Waals surface area contributed by atoms with Crippen LogP contribution >= 0.6 is 0 Å². The fourth-order valence-electron chi connectivity index (χ4n) is 4.44. The lowest BCUT2D eigenvalue weighted by Gasteiger charge is -2.37. The number of ether oxygens (including phenoxy) is 1. The van der Waals surface area contributed by atoms with Crippen molar-refractivity contribution in [1.82, 2.24) is 4.90 Å². The maximum Gasteiger partial charge on any atom is 0.229 e. The molecule has 1 heterocycles. The number of hydrogen-bond donors (Lipinski definition) is 2. The van der Waals surface area contributed by atoms with Crippen LogP contribution in [0.15, 0.2) is 24.3 Å². The molecule has 5 heteroatoms. The number of carbonyl (C=O) groups is 1. The Kier molecular flexibility index (Phi) is 6.00. The largest absolute Gasteiger partial charge is 0.373 e. The highest BCUT2D eigenvalue weighted by Gasteiger charge is 2.37. The smallest absolute Gasteiger partial charge is 0.229 e. The third-order valence-electron chi connectivity index (χ3n) is 5.67. The van der Waals surface area contributed by atoms with E-state index in [1.165, 1.54) is 5.56 Å². The number of nitrogens with two attached hydrogens (primary N) is 1. The summed E-state index contributed by atoms with van der Waals surface area (Å²) < 4.78 is 5.81. The van der Waals surface area contributed by atoms with Crippen LogP contribution in [0.1, 0.15) is 52.0 Å². The minimum Gasteiger partial charge on any atom is -0.373 e. The van der Waals surface area contributed by atoms with Crippen LogP contribution in [-0.4, -0.2) is 41.6 Å². The summed E-state index contributed by atoms with van der Waals surface area (Å²) in [5, 5.41) is 3.10. The molecular weight excluding hydrogens is 326 g/mol. The van der Waals surface area contributed by atoms with Crippen LogP contribution in [0.5, 0.6) is 0 Å². The van der Waals surface area contributed by atoms with E-state index >= 15 is 0 Å². The maximum atomic E-state index is 12.8. The van der Waals surface area contributed by atoms with Crippen molar-refractivity contribution < 1.29 is 9.53 Å². The lowest BCUT2D eigenvalue weighted by molar-refractivity contribution is -0.122. The van der Waals surface area contributed by atoms with E-state index in [0.717, 1.165) is 51.0 Å². The Labute approximate surface area is 157 Å². The molecule has 2 aliphatic rings. The van der Waals surface area contributed by atoms with Gasteiger partial charge in [-0.2, -0.15) is 0 Å². The number of rotatable bonds is 4. The number of morpholine rings is 1. The molecule has 1 aliphatic heterocycles. The van der Waals surface area contributed by atoms with E-state index in [4.69, 9.17) is 10.5 Å². The van der Waals surface area contributed by atoms with Gasteiger partial charge in [0, 0.05) is 30.9 Å². The number of nitrogens with zero attached hydrogens (tertiary/aromatic N) is 1. The number of carbonyl (C=O) groups excluding carboxylic acids is 1. The molecule has 2 fully saturated rings. The van der Waals surface area contributed by atoms with Crippen molar-refractivity contribution in [3.05, 3.63) is 29.8 Å². The van der Waals surface area contributed by atoms with Crippen LogP contribution in [0.4, 0.5) is 5.69 Å². The zero-order valence-electron chi connectivity index (χ0n) is 16.3. The SMILES string of the molecule is CC1CN(Cc2cccc(NC(=O)C3CCCCC3(C)N)c2)CC(C)O1. The Bertz CT molecular complexity index is 621. The molecule has 144 valence electrons. The van der Waals surface area contributed by atoms with E-state index in [0.29, 0.717) is 0 Å². The molecule has 1 aromatic rings. The molecule has 1 saturated heterocycles. The van der Waals surface area contributed by atoms with Crippen LogP contribution in [0, 0.1) is 5.92 Å². The molecule has 0 bridgehead atoms. The van der Waals surface area contributed by atoms with E-state index < -0.39 is 5.54 Å². The average Bonchev–Trinajstić information content (AvgIpc) is 2.53. The fraction of sp³-hybridized carbons (Fsp3) is 0.667. The van der Waals surface area contributed by atoms with Crippen LogP contribution in [0.3, 0.4) is 0 Å². The third-order valence-corrected chi connectivity index (χ3v) is 5.67. The van der Waals surface area contributed by atoms with E-state index in [1.807, 2.05) is 19.1 Å². The fourth-order valence-corrected chi connectivity index (χ4v) is 4.44. The Hall–Kier alpha value is -1.43. The first-order chi connectivity index (χ1) is 12.3.